The van der Waals surface area contributed by atoms with Crippen molar-refractivity contribution in [2.24, 2.45) is 0 Å². The van der Waals surface area contributed by atoms with Crippen molar-refractivity contribution in [1.82, 2.24) is 14.6 Å². The first-order valence-corrected chi connectivity index (χ1v) is 8.58. The van der Waals surface area contributed by atoms with Crippen molar-refractivity contribution < 1.29 is 4.79 Å². The third-order valence-corrected chi connectivity index (χ3v) is 4.93. The molecule has 2 N–H and O–H groups in total. The summed E-state index contributed by atoms with van der Waals surface area (Å²) in [5.74, 6) is -0.166. The third kappa shape index (κ3) is 2.54. The number of aryl methyl sites for hydroxylation is 3. The number of carbonyl (C=O) groups is 1. The molecule has 1 aliphatic heterocycles. The van der Waals surface area contributed by atoms with Crippen LogP contribution in [0.15, 0.2) is 35.1 Å². The molecule has 1 atom stereocenters. The number of aromatic nitrogens is 3. The molecule has 3 aromatic rings. The number of aromatic amines is 1. The Balaban J connectivity index is 1.64. The van der Waals surface area contributed by atoms with Gasteiger partial charge in [0.1, 0.15) is 0 Å². The van der Waals surface area contributed by atoms with E-state index in [2.05, 4.69) is 22.3 Å². The number of hydrogen-bond acceptors (Lipinski definition) is 3. The fourth-order valence-electron chi connectivity index (χ4n) is 3.65. The minimum atomic E-state index is -0.185. The molecule has 1 aliphatic rings. The molecule has 1 aromatic carbocycles. The van der Waals surface area contributed by atoms with Gasteiger partial charge in [-0.2, -0.15) is 0 Å². The van der Waals surface area contributed by atoms with E-state index in [-0.39, 0.29) is 17.4 Å². The van der Waals surface area contributed by atoms with Crippen molar-refractivity contribution in [3.63, 3.8) is 0 Å². The number of amides is 1. The summed E-state index contributed by atoms with van der Waals surface area (Å²) in [5.41, 5.74) is 5.25. The van der Waals surface area contributed by atoms with Gasteiger partial charge in [-0.3, -0.25) is 14.7 Å². The van der Waals surface area contributed by atoms with Gasteiger partial charge in [0.25, 0.3) is 5.56 Å². The molecule has 0 spiro atoms. The van der Waals surface area contributed by atoms with Gasteiger partial charge in [0.15, 0.2) is 5.65 Å². The quantitative estimate of drug-likeness (QED) is 0.768. The maximum Gasteiger partial charge on any atom is 0.272 e. The van der Waals surface area contributed by atoms with Crippen LogP contribution < -0.4 is 10.9 Å². The molecular formula is C19H20N4O2. The molecule has 6 heteroatoms. The molecule has 1 amide bonds. The zero-order valence-corrected chi connectivity index (χ0v) is 14.3. The minimum Gasteiger partial charge on any atom is -0.325 e. The topological polar surface area (TPSA) is 79.3 Å². The monoisotopic (exact) mass is 336 g/mol. The number of benzene rings is 1. The summed E-state index contributed by atoms with van der Waals surface area (Å²) in [5, 5.41) is 5.98. The maximum absolute atomic E-state index is 12.4. The van der Waals surface area contributed by atoms with Crippen molar-refractivity contribution >= 4 is 17.2 Å². The molecule has 0 radical (unpaired) electrons. The molecule has 0 fully saturated rings. The lowest BCUT2D eigenvalue weighted by Gasteiger charge is -2.08. The average Bonchev–Trinajstić information content (AvgIpc) is 3.09. The SMILES string of the molecule is CCc1c(C)[nH]n2c(=O)cc(CCC3C(=O)Nc4ccccc43)nc12. The predicted molar refractivity (Wildman–Crippen MR) is 96.1 cm³/mol. The Labute approximate surface area is 144 Å². The highest BCUT2D eigenvalue weighted by Crippen LogP contribution is 2.34. The summed E-state index contributed by atoms with van der Waals surface area (Å²) in [6.07, 6.45) is 2.04. The number of fused-ring (bicyclic) bond motifs is 2. The first-order valence-electron chi connectivity index (χ1n) is 8.58. The molecule has 0 aliphatic carbocycles. The Bertz CT molecular complexity index is 1030. The van der Waals surface area contributed by atoms with E-state index in [4.69, 9.17) is 0 Å². The van der Waals surface area contributed by atoms with E-state index in [9.17, 15) is 9.59 Å². The van der Waals surface area contributed by atoms with Crippen LogP contribution in [-0.4, -0.2) is 20.5 Å². The summed E-state index contributed by atoms with van der Waals surface area (Å²) in [6.45, 7) is 4.00. The number of carbonyl (C=O) groups excluding carboxylic acids is 1. The number of para-hydroxylation sites is 1. The number of anilines is 1. The fraction of sp³-hybridized carbons (Fsp3) is 0.316. The Hall–Kier alpha value is -2.89. The number of hydrogen-bond donors (Lipinski definition) is 2. The van der Waals surface area contributed by atoms with Crippen LogP contribution in [0.3, 0.4) is 0 Å². The van der Waals surface area contributed by atoms with Gasteiger partial charge in [0, 0.05) is 28.7 Å². The molecule has 25 heavy (non-hydrogen) atoms. The number of nitrogens with zero attached hydrogens (tertiary/aromatic N) is 2. The van der Waals surface area contributed by atoms with Gasteiger partial charge in [-0.05, 0) is 37.8 Å². The first-order chi connectivity index (χ1) is 12.1. The van der Waals surface area contributed by atoms with Crippen LogP contribution in [0, 0.1) is 6.92 Å². The van der Waals surface area contributed by atoms with E-state index in [0.717, 1.165) is 34.6 Å². The van der Waals surface area contributed by atoms with E-state index >= 15 is 0 Å². The van der Waals surface area contributed by atoms with Gasteiger partial charge in [-0.15, -0.1) is 0 Å². The maximum atomic E-state index is 12.4. The average molecular weight is 336 g/mol. The molecule has 6 nitrogen and oxygen atoms in total. The highest BCUT2D eigenvalue weighted by molar-refractivity contribution is 6.02. The number of H-pyrrole nitrogens is 1. The second kappa shape index (κ2) is 5.88. The van der Waals surface area contributed by atoms with Crippen LogP contribution >= 0.6 is 0 Å². The molecule has 2 aromatic heterocycles. The van der Waals surface area contributed by atoms with Gasteiger partial charge in [-0.1, -0.05) is 25.1 Å². The summed E-state index contributed by atoms with van der Waals surface area (Å²) >= 11 is 0. The van der Waals surface area contributed by atoms with Gasteiger partial charge in [0.05, 0.1) is 5.92 Å². The molecular weight excluding hydrogens is 316 g/mol. The second-order valence-corrected chi connectivity index (χ2v) is 6.48. The molecule has 0 saturated carbocycles. The Morgan fingerprint density at radius 2 is 2.04 bits per heavy atom. The Morgan fingerprint density at radius 1 is 1.24 bits per heavy atom. The van der Waals surface area contributed by atoms with Gasteiger partial charge in [0.2, 0.25) is 5.91 Å². The van der Waals surface area contributed by atoms with Crippen molar-refractivity contribution in [2.75, 3.05) is 5.32 Å². The van der Waals surface area contributed by atoms with Crippen LogP contribution in [0.4, 0.5) is 5.69 Å². The van der Waals surface area contributed by atoms with Gasteiger partial charge < -0.3 is 5.32 Å². The van der Waals surface area contributed by atoms with Crippen molar-refractivity contribution in [1.29, 1.82) is 0 Å². The van der Waals surface area contributed by atoms with Crippen molar-refractivity contribution in [3.8, 4) is 0 Å². The van der Waals surface area contributed by atoms with Crippen LogP contribution in [0.25, 0.3) is 5.65 Å². The summed E-state index contributed by atoms with van der Waals surface area (Å²) < 4.78 is 1.50. The fourth-order valence-corrected chi connectivity index (χ4v) is 3.65. The van der Waals surface area contributed by atoms with Gasteiger partial charge >= 0.3 is 0 Å². The van der Waals surface area contributed by atoms with E-state index in [1.165, 1.54) is 4.52 Å². The van der Waals surface area contributed by atoms with Crippen molar-refractivity contribution in [2.45, 2.75) is 39.0 Å². The zero-order valence-electron chi connectivity index (χ0n) is 14.3. The van der Waals surface area contributed by atoms with E-state index in [0.29, 0.717) is 18.5 Å². The first kappa shape index (κ1) is 15.6. The molecule has 4 rings (SSSR count). The molecule has 128 valence electrons. The standard InChI is InChI=1S/C19H20N4O2/c1-3-13-11(2)22-23-17(24)10-12(20-18(13)23)8-9-15-14-6-4-5-7-16(14)21-19(15)25/h4-7,10,15,22H,3,8-9H2,1-2H3,(H,21,25). The molecule has 3 heterocycles. The molecule has 1 unspecified atom stereocenters. The highest BCUT2D eigenvalue weighted by Gasteiger charge is 2.29. The Morgan fingerprint density at radius 3 is 2.84 bits per heavy atom. The molecule has 0 saturated heterocycles. The summed E-state index contributed by atoms with van der Waals surface area (Å²) in [4.78, 5) is 29.3. The largest absolute Gasteiger partial charge is 0.325 e. The highest BCUT2D eigenvalue weighted by atomic mass is 16.2. The predicted octanol–water partition coefficient (Wildman–Crippen LogP) is 2.56. The summed E-state index contributed by atoms with van der Waals surface area (Å²) in [6, 6.07) is 9.31. The normalized spacial score (nSPS) is 16.2. The second-order valence-electron chi connectivity index (χ2n) is 6.48. The van der Waals surface area contributed by atoms with Crippen LogP contribution in [-0.2, 0) is 17.6 Å². The smallest absolute Gasteiger partial charge is 0.272 e. The van der Waals surface area contributed by atoms with Gasteiger partial charge in [-0.25, -0.2) is 9.50 Å². The lowest BCUT2D eigenvalue weighted by Crippen LogP contribution is -2.17. The van der Waals surface area contributed by atoms with Crippen LogP contribution in [0.1, 0.15) is 41.8 Å². The lowest BCUT2D eigenvalue weighted by atomic mass is 9.95. The van der Waals surface area contributed by atoms with E-state index < -0.39 is 0 Å². The number of nitrogens with one attached hydrogen (secondary N) is 2. The lowest BCUT2D eigenvalue weighted by molar-refractivity contribution is -0.117. The Kier molecular flexibility index (Phi) is 3.67. The van der Waals surface area contributed by atoms with Crippen molar-refractivity contribution in [3.05, 3.63) is 63.2 Å². The zero-order chi connectivity index (χ0) is 17.6. The van der Waals surface area contributed by atoms with Crippen LogP contribution in [0.5, 0.6) is 0 Å². The number of rotatable bonds is 4. The summed E-state index contributed by atoms with van der Waals surface area (Å²) in [7, 11) is 0. The van der Waals surface area contributed by atoms with E-state index in [1.807, 2.05) is 31.2 Å². The molecule has 0 bridgehead atoms. The van der Waals surface area contributed by atoms with E-state index in [1.54, 1.807) is 6.07 Å². The van der Waals surface area contributed by atoms with Crippen LogP contribution in [0.2, 0.25) is 0 Å². The minimum absolute atomic E-state index is 0.0192. The third-order valence-electron chi connectivity index (χ3n) is 4.93.